The van der Waals surface area contributed by atoms with Crippen LogP contribution in [0, 0.1) is 0 Å². The molecular weight excluding hydrogens is 352 g/mol. The average Bonchev–Trinajstić information content (AvgIpc) is 3.34. The molecule has 27 heavy (non-hydrogen) atoms. The standard InChI is InChI=1S/C23H22N2OS/c26-23(24-14-6-10-18-8-2-1-3-9-18)17-25-20-12-5-4-11-19(20)16-21(25)22-13-7-15-27-22/h1-5,7-9,11-13,15-16H,6,10,14,17H2,(H,24,26). The predicted octanol–water partition coefficient (Wildman–Crippen LogP) is 5.12. The van der Waals surface area contributed by atoms with Gasteiger partial charge in [0.1, 0.15) is 6.54 Å². The minimum Gasteiger partial charge on any atom is -0.355 e. The van der Waals surface area contributed by atoms with Crippen molar-refractivity contribution in [2.75, 3.05) is 6.54 Å². The van der Waals surface area contributed by atoms with Gasteiger partial charge in [0, 0.05) is 17.4 Å². The molecule has 4 aromatic rings. The highest BCUT2D eigenvalue weighted by Gasteiger charge is 2.13. The van der Waals surface area contributed by atoms with Crippen LogP contribution in [0.3, 0.4) is 0 Å². The van der Waals surface area contributed by atoms with E-state index < -0.39 is 0 Å². The fourth-order valence-electron chi connectivity index (χ4n) is 3.37. The molecule has 0 spiro atoms. The molecule has 0 saturated heterocycles. The maximum absolute atomic E-state index is 12.6. The molecule has 1 N–H and O–H groups in total. The monoisotopic (exact) mass is 374 g/mol. The topological polar surface area (TPSA) is 34.0 Å². The number of aromatic nitrogens is 1. The van der Waals surface area contributed by atoms with Crippen molar-refractivity contribution < 1.29 is 4.79 Å². The van der Waals surface area contributed by atoms with Crippen molar-refractivity contribution in [2.45, 2.75) is 19.4 Å². The number of amides is 1. The summed E-state index contributed by atoms with van der Waals surface area (Å²) >= 11 is 1.70. The van der Waals surface area contributed by atoms with Crippen molar-refractivity contribution in [1.82, 2.24) is 9.88 Å². The lowest BCUT2D eigenvalue weighted by molar-refractivity contribution is -0.121. The van der Waals surface area contributed by atoms with Crippen LogP contribution < -0.4 is 5.32 Å². The zero-order valence-electron chi connectivity index (χ0n) is 15.1. The summed E-state index contributed by atoms with van der Waals surface area (Å²) in [5.41, 5.74) is 3.51. The number of hydrogen-bond donors (Lipinski definition) is 1. The zero-order chi connectivity index (χ0) is 18.5. The van der Waals surface area contributed by atoms with Gasteiger partial charge in [-0.3, -0.25) is 4.79 Å². The number of thiophene rings is 1. The predicted molar refractivity (Wildman–Crippen MR) is 113 cm³/mol. The van der Waals surface area contributed by atoms with Crippen molar-refractivity contribution in [1.29, 1.82) is 0 Å². The van der Waals surface area contributed by atoms with E-state index in [2.05, 4.69) is 63.8 Å². The molecule has 2 aromatic heterocycles. The average molecular weight is 375 g/mol. The first-order chi connectivity index (χ1) is 13.3. The highest BCUT2D eigenvalue weighted by molar-refractivity contribution is 7.13. The minimum absolute atomic E-state index is 0.0576. The Bertz CT molecular complexity index is 1020. The second-order valence-corrected chi connectivity index (χ2v) is 7.54. The van der Waals surface area contributed by atoms with Crippen LogP contribution in [0.4, 0.5) is 0 Å². The molecule has 0 aliphatic rings. The quantitative estimate of drug-likeness (QED) is 0.448. The van der Waals surface area contributed by atoms with Gasteiger partial charge in [0.15, 0.2) is 0 Å². The smallest absolute Gasteiger partial charge is 0.239 e. The summed E-state index contributed by atoms with van der Waals surface area (Å²) in [4.78, 5) is 13.7. The maximum Gasteiger partial charge on any atom is 0.239 e. The number of para-hydroxylation sites is 1. The highest BCUT2D eigenvalue weighted by Crippen LogP contribution is 2.31. The summed E-state index contributed by atoms with van der Waals surface area (Å²) in [6, 6.07) is 24.9. The second-order valence-electron chi connectivity index (χ2n) is 6.59. The van der Waals surface area contributed by atoms with Gasteiger partial charge in [0.05, 0.1) is 10.6 Å². The largest absolute Gasteiger partial charge is 0.355 e. The number of fused-ring (bicyclic) bond motifs is 1. The number of aryl methyl sites for hydroxylation is 1. The van der Waals surface area contributed by atoms with Gasteiger partial charge >= 0.3 is 0 Å². The Balaban J connectivity index is 1.43. The van der Waals surface area contributed by atoms with E-state index in [4.69, 9.17) is 0 Å². The van der Waals surface area contributed by atoms with Crippen molar-refractivity contribution in [3.8, 4) is 10.6 Å². The Morgan fingerprint density at radius 2 is 1.78 bits per heavy atom. The second kappa shape index (κ2) is 8.23. The van der Waals surface area contributed by atoms with Crippen LogP contribution in [0.25, 0.3) is 21.5 Å². The normalized spacial score (nSPS) is 11.0. The molecule has 0 atom stereocenters. The van der Waals surface area contributed by atoms with E-state index in [1.807, 2.05) is 24.3 Å². The molecule has 0 aliphatic carbocycles. The molecule has 0 bridgehead atoms. The van der Waals surface area contributed by atoms with Gasteiger partial charge in [-0.15, -0.1) is 11.3 Å². The Kier molecular flexibility index (Phi) is 5.35. The molecular formula is C23H22N2OS. The number of nitrogens with zero attached hydrogens (tertiary/aromatic N) is 1. The SMILES string of the molecule is O=C(Cn1c(-c2cccs2)cc2ccccc21)NCCCc1ccccc1. The Hall–Kier alpha value is -2.85. The van der Waals surface area contributed by atoms with Gasteiger partial charge in [0.2, 0.25) is 5.91 Å². The first-order valence-electron chi connectivity index (χ1n) is 9.24. The lowest BCUT2D eigenvalue weighted by Gasteiger charge is -2.11. The molecule has 0 radical (unpaired) electrons. The minimum atomic E-state index is 0.0576. The highest BCUT2D eigenvalue weighted by atomic mass is 32.1. The molecule has 4 rings (SSSR count). The van der Waals surface area contributed by atoms with Crippen molar-refractivity contribution >= 4 is 28.1 Å². The van der Waals surface area contributed by atoms with E-state index in [1.165, 1.54) is 10.4 Å². The molecule has 4 heteroatoms. The summed E-state index contributed by atoms with van der Waals surface area (Å²) < 4.78 is 2.12. The molecule has 2 heterocycles. The number of carbonyl (C=O) groups is 1. The molecule has 0 unspecified atom stereocenters. The molecule has 136 valence electrons. The van der Waals surface area contributed by atoms with E-state index in [-0.39, 0.29) is 5.91 Å². The summed E-state index contributed by atoms with van der Waals surface area (Å²) in [6.45, 7) is 1.04. The lowest BCUT2D eigenvalue weighted by atomic mass is 10.1. The first-order valence-corrected chi connectivity index (χ1v) is 10.1. The van der Waals surface area contributed by atoms with E-state index in [1.54, 1.807) is 11.3 Å². The van der Waals surface area contributed by atoms with Crippen LogP contribution in [0.1, 0.15) is 12.0 Å². The van der Waals surface area contributed by atoms with E-state index in [0.717, 1.165) is 29.4 Å². The molecule has 0 saturated carbocycles. The number of rotatable bonds is 7. The van der Waals surface area contributed by atoms with Crippen molar-refractivity contribution in [2.24, 2.45) is 0 Å². The van der Waals surface area contributed by atoms with Gasteiger partial charge in [-0.2, -0.15) is 0 Å². The van der Waals surface area contributed by atoms with Gasteiger partial charge in [-0.05, 0) is 42.0 Å². The molecule has 1 amide bonds. The molecule has 0 aliphatic heterocycles. The van der Waals surface area contributed by atoms with Crippen LogP contribution >= 0.6 is 11.3 Å². The third-order valence-electron chi connectivity index (χ3n) is 4.69. The third-order valence-corrected chi connectivity index (χ3v) is 5.59. The van der Waals surface area contributed by atoms with Crippen molar-refractivity contribution in [3.05, 3.63) is 83.7 Å². The van der Waals surface area contributed by atoms with Gasteiger partial charge in [0.25, 0.3) is 0 Å². The fourth-order valence-corrected chi connectivity index (χ4v) is 4.12. The molecule has 2 aromatic carbocycles. The Morgan fingerprint density at radius 3 is 2.59 bits per heavy atom. The van der Waals surface area contributed by atoms with E-state index in [0.29, 0.717) is 13.1 Å². The fraction of sp³-hybridized carbons (Fsp3) is 0.174. The van der Waals surface area contributed by atoms with Crippen LogP contribution in [-0.4, -0.2) is 17.0 Å². The molecule has 0 fully saturated rings. The van der Waals surface area contributed by atoms with Crippen LogP contribution in [0.15, 0.2) is 78.2 Å². The third kappa shape index (κ3) is 4.12. The Labute approximate surface area is 163 Å². The number of hydrogen-bond acceptors (Lipinski definition) is 2. The van der Waals surface area contributed by atoms with E-state index in [9.17, 15) is 4.79 Å². The number of carbonyl (C=O) groups excluding carboxylic acids is 1. The van der Waals surface area contributed by atoms with Crippen molar-refractivity contribution in [3.63, 3.8) is 0 Å². The lowest BCUT2D eigenvalue weighted by Crippen LogP contribution is -2.28. The van der Waals surface area contributed by atoms with Crippen LogP contribution in [0.5, 0.6) is 0 Å². The Morgan fingerprint density at radius 1 is 0.963 bits per heavy atom. The number of nitrogens with one attached hydrogen (secondary N) is 1. The van der Waals surface area contributed by atoms with Gasteiger partial charge in [-0.1, -0.05) is 54.6 Å². The summed E-state index contributed by atoms with van der Waals surface area (Å²) in [6.07, 6.45) is 1.92. The van der Waals surface area contributed by atoms with Gasteiger partial charge in [-0.25, -0.2) is 0 Å². The summed E-state index contributed by atoms with van der Waals surface area (Å²) in [5, 5.41) is 6.31. The summed E-state index contributed by atoms with van der Waals surface area (Å²) in [7, 11) is 0. The van der Waals surface area contributed by atoms with Gasteiger partial charge < -0.3 is 9.88 Å². The zero-order valence-corrected chi connectivity index (χ0v) is 15.9. The first kappa shape index (κ1) is 17.6. The maximum atomic E-state index is 12.6. The van der Waals surface area contributed by atoms with E-state index >= 15 is 0 Å². The number of benzene rings is 2. The van der Waals surface area contributed by atoms with Crippen LogP contribution in [0.2, 0.25) is 0 Å². The summed E-state index contributed by atoms with van der Waals surface area (Å²) in [5.74, 6) is 0.0576. The van der Waals surface area contributed by atoms with Crippen LogP contribution in [-0.2, 0) is 17.8 Å². The molecule has 3 nitrogen and oxygen atoms in total.